The summed E-state index contributed by atoms with van der Waals surface area (Å²) in [6, 6.07) is 3.10. The number of nitrogens with zero attached hydrogens (tertiary/aromatic N) is 2. The minimum Gasteiger partial charge on any atom is -0.481 e. The Bertz CT molecular complexity index is 673. The summed E-state index contributed by atoms with van der Waals surface area (Å²) in [5, 5.41) is 9.02. The highest BCUT2D eigenvalue weighted by atomic mass is 16.4. The molecule has 1 aromatic rings. The summed E-state index contributed by atoms with van der Waals surface area (Å²) in [5.74, 6) is -0.269. The number of pyridine rings is 1. The van der Waals surface area contributed by atoms with Gasteiger partial charge < -0.3 is 14.6 Å². The summed E-state index contributed by atoms with van der Waals surface area (Å²) in [4.78, 5) is 37.1. The first-order valence-corrected chi connectivity index (χ1v) is 8.23. The minimum absolute atomic E-state index is 0.102. The van der Waals surface area contributed by atoms with Gasteiger partial charge in [0.05, 0.1) is 5.92 Å². The third-order valence-corrected chi connectivity index (χ3v) is 5.17. The second-order valence-corrected chi connectivity index (χ2v) is 6.51. The molecule has 1 aliphatic heterocycles. The maximum atomic E-state index is 12.5. The number of aliphatic carboxylic acids is 1. The molecule has 2 heterocycles. The molecule has 0 spiro atoms. The zero-order valence-corrected chi connectivity index (χ0v) is 13.3. The van der Waals surface area contributed by atoms with Crippen LogP contribution in [0.1, 0.15) is 36.5 Å². The lowest BCUT2D eigenvalue weighted by molar-refractivity contribution is -0.139. The number of amides is 1. The molecule has 0 bridgehead atoms. The van der Waals surface area contributed by atoms with Crippen LogP contribution in [0, 0.1) is 17.8 Å². The van der Waals surface area contributed by atoms with Crippen LogP contribution in [0.4, 0.5) is 0 Å². The maximum absolute atomic E-state index is 12.5. The molecule has 1 saturated carbocycles. The van der Waals surface area contributed by atoms with Crippen LogP contribution >= 0.6 is 0 Å². The zero-order valence-electron chi connectivity index (χ0n) is 13.3. The Labute approximate surface area is 134 Å². The Hall–Kier alpha value is -2.11. The molecule has 0 radical (unpaired) electrons. The van der Waals surface area contributed by atoms with Crippen molar-refractivity contribution in [2.75, 3.05) is 13.1 Å². The number of carboxylic acids is 1. The quantitative estimate of drug-likeness (QED) is 0.911. The monoisotopic (exact) mass is 318 g/mol. The Morgan fingerprint density at radius 3 is 2.52 bits per heavy atom. The molecule has 1 aliphatic carbocycles. The van der Waals surface area contributed by atoms with Crippen molar-refractivity contribution in [3.05, 3.63) is 34.2 Å². The molecular weight excluding hydrogens is 296 g/mol. The largest absolute Gasteiger partial charge is 0.481 e. The van der Waals surface area contributed by atoms with E-state index in [0.29, 0.717) is 37.0 Å². The molecule has 6 nitrogen and oxygen atoms in total. The molecule has 6 heteroatoms. The van der Waals surface area contributed by atoms with E-state index in [9.17, 15) is 14.4 Å². The van der Waals surface area contributed by atoms with Crippen LogP contribution < -0.4 is 5.56 Å². The van der Waals surface area contributed by atoms with Crippen LogP contribution in [0.25, 0.3) is 0 Å². The van der Waals surface area contributed by atoms with E-state index < -0.39 is 5.97 Å². The lowest BCUT2D eigenvalue weighted by Gasteiger charge is -2.32. The fourth-order valence-electron chi connectivity index (χ4n) is 3.63. The second kappa shape index (κ2) is 6.18. The van der Waals surface area contributed by atoms with Crippen molar-refractivity contribution in [1.82, 2.24) is 9.47 Å². The summed E-state index contributed by atoms with van der Waals surface area (Å²) >= 11 is 0. The van der Waals surface area contributed by atoms with E-state index in [4.69, 9.17) is 5.11 Å². The second-order valence-electron chi connectivity index (χ2n) is 6.51. The smallest absolute Gasteiger partial charge is 0.306 e. The Balaban J connectivity index is 1.59. The number of hydrogen-bond acceptors (Lipinski definition) is 3. The van der Waals surface area contributed by atoms with Gasteiger partial charge in [-0.05, 0) is 44.1 Å². The molecule has 124 valence electrons. The molecule has 3 rings (SSSR count). The molecule has 1 saturated heterocycles. The van der Waals surface area contributed by atoms with Gasteiger partial charge >= 0.3 is 5.97 Å². The van der Waals surface area contributed by atoms with Gasteiger partial charge in [0.1, 0.15) is 0 Å². The van der Waals surface area contributed by atoms with Gasteiger partial charge in [-0.15, -0.1) is 0 Å². The third kappa shape index (κ3) is 3.16. The van der Waals surface area contributed by atoms with Crippen LogP contribution in [0.3, 0.4) is 0 Å². The van der Waals surface area contributed by atoms with Gasteiger partial charge in [-0.3, -0.25) is 14.4 Å². The molecule has 1 amide bonds. The lowest BCUT2D eigenvalue weighted by atomic mass is 9.90. The van der Waals surface area contributed by atoms with Crippen LogP contribution in [0.2, 0.25) is 0 Å². The van der Waals surface area contributed by atoms with E-state index in [1.54, 1.807) is 21.7 Å². The Morgan fingerprint density at radius 1 is 1.30 bits per heavy atom. The number of rotatable bonds is 4. The van der Waals surface area contributed by atoms with Crippen molar-refractivity contribution in [3.8, 4) is 0 Å². The van der Waals surface area contributed by atoms with Gasteiger partial charge in [0.2, 0.25) is 0 Å². The molecule has 23 heavy (non-hydrogen) atoms. The summed E-state index contributed by atoms with van der Waals surface area (Å²) < 4.78 is 1.56. The normalized spacial score (nSPS) is 24.5. The Morgan fingerprint density at radius 2 is 2.00 bits per heavy atom. The number of carboxylic acid groups (broad SMARTS) is 1. The van der Waals surface area contributed by atoms with Gasteiger partial charge in [0.15, 0.2) is 0 Å². The predicted octanol–water partition coefficient (Wildman–Crippen LogP) is 1.44. The van der Waals surface area contributed by atoms with E-state index in [-0.39, 0.29) is 17.4 Å². The first kappa shape index (κ1) is 15.8. The molecule has 1 aromatic heterocycles. The highest BCUT2D eigenvalue weighted by Crippen LogP contribution is 2.48. The van der Waals surface area contributed by atoms with Crippen molar-refractivity contribution in [1.29, 1.82) is 0 Å². The average molecular weight is 318 g/mol. The van der Waals surface area contributed by atoms with Crippen LogP contribution in [0.15, 0.2) is 23.1 Å². The van der Waals surface area contributed by atoms with Crippen molar-refractivity contribution >= 4 is 11.9 Å². The van der Waals surface area contributed by atoms with E-state index >= 15 is 0 Å². The molecule has 2 fully saturated rings. The van der Waals surface area contributed by atoms with E-state index in [1.165, 1.54) is 6.07 Å². The van der Waals surface area contributed by atoms with Crippen LogP contribution in [-0.2, 0) is 11.3 Å². The predicted molar refractivity (Wildman–Crippen MR) is 84.2 cm³/mol. The first-order valence-electron chi connectivity index (χ1n) is 8.23. The molecular formula is C17H22N2O4. The van der Waals surface area contributed by atoms with Crippen LogP contribution in [0.5, 0.6) is 0 Å². The van der Waals surface area contributed by atoms with E-state index in [0.717, 1.165) is 19.3 Å². The van der Waals surface area contributed by atoms with Crippen molar-refractivity contribution in [3.63, 3.8) is 0 Å². The van der Waals surface area contributed by atoms with Gasteiger partial charge in [0.25, 0.3) is 11.5 Å². The van der Waals surface area contributed by atoms with Gasteiger partial charge in [0, 0.05) is 37.5 Å². The van der Waals surface area contributed by atoms with Crippen molar-refractivity contribution in [2.45, 2.75) is 32.7 Å². The number of aromatic nitrogens is 1. The minimum atomic E-state index is -0.690. The molecule has 0 aromatic carbocycles. The summed E-state index contributed by atoms with van der Waals surface area (Å²) in [7, 11) is 0. The van der Waals surface area contributed by atoms with E-state index in [1.807, 2.05) is 6.92 Å². The molecule has 1 N–H and O–H groups in total. The Kier molecular flexibility index (Phi) is 4.24. The van der Waals surface area contributed by atoms with Crippen molar-refractivity contribution < 1.29 is 14.7 Å². The summed E-state index contributed by atoms with van der Waals surface area (Å²) in [6.45, 7) is 3.76. The molecule has 2 atom stereocenters. The van der Waals surface area contributed by atoms with Crippen molar-refractivity contribution in [2.24, 2.45) is 17.8 Å². The highest BCUT2D eigenvalue weighted by molar-refractivity contribution is 5.94. The fourth-order valence-corrected chi connectivity index (χ4v) is 3.63. The zero-order chi connectivity index (χ0) is 16.6. The summed E-state index contributed by atoms with van der Waals surface area (Å²) in [6.07, 6.45) is 4.14. The third-order valence-electron chi connectivity index (χ3n) is 5.17. The first-order chi connectivity index (χ1) is 11.0. The number of carbonyl (C=O) groups is 2. The molecule has 2 aliphatic rings. The standard InChI is InChI=1S/C17H22N2O4/c1-2-18-6-5-12(9-15(18)20)16(21)19-7-3-11(4-8-19)13-10-14(13)17(22)23/h5-6,9,11,13-14H,2-4,7-8,10H2,1H3,(H,22,23)/t13-,14+/m0/s1. The van der Waals surface area contributed by atoms with E-state index in [2.05, 4.69) is 0 Å². The topological polar surface area (TPSA) is 79.6 Å². The van der Waals surface area contributed by atoms with Gasteiger partial charge in [-0.25, -0.2) is 0 Å². The number of piperidine rings is 1. The fraction of sp³-hybridized carbons (Fsp3) is 0.588. The molecule has 0 unspecified atom stereocenters. The average Bonchev–Trinajstić information content (AvgIpc) is 3.35. The maximum Gasteiger partial charge on any atom is 0.306 e. The summed E-state index contributed by atoms with van der Waals surface area (Å²) in [5.41, 5.74) is 0.281. The van der Waals surface area contributed by atoms with Gasteiger partial charge in [-0.2, -0.15) is 0 Å². The number of hydrogen-bond donors (Lipinski definition) is 1. The van der Waals surface area contributed by atoms with Crippen LogP contribution in [-0.4, -0.2) is 39.5 Å². The SMILES string of the molecule is CCn1ccc(C(=O)N2CCC([C@@H]3C[C@H]3C(=O)O)CC2)cc1=O. The highest BCUT2D eigenvalue weighted by Gasteiger charge is 2.48. The number of aryl methyl sites for hydroxylation is 1. The van der Waals surface area contributed by atoms with Gasteiger partial charge in [-0.1, -0.05) is 0 Å². The number of carbonyl (C=O) groups excluding carboxylic acids is 1. The number of likely N-dealkylation sites (tertiary alicyclic amines) is 1. The lowest BCUT2D eigenvalue weighted by Crippen LogP contribution is -2.39.